The van der Waals surface area contributed by atoms with Crippen LogP contribution in [0.15, 0.2) is 12.1 Å². The van der Waals surface area contributed by atoms with Crippen LogP contribution in [0.5, 0.6) is 5.88 Å². The van der Waals surface area contributed by atoms with Crippen molar-refractivity contribution in [1.82, 2.24) is 20.3 Å². The summed E-state index contributed by atoms with van der Waals surface area (Å²) in [6.45, 7) is 2.97. The Labute approximate surface area is 123 Å². The summed E-state index contributed by atoms with van der Waals surface area (Å²) in [5.41, 5.74) is 1.45. The van der Waals surface area contributed by atoms with E-state index in [1.54, 1.807) is 6.07 Å². The van der Waals surface area contributed by atoms with E-state index in [0.717, 1.165) is 11.3 Å². The van der Waals surface area contributed by atoms with Crippen molar-refractivity contribution in [2.75, 3.05) is 18.1 Å². The maximum absolute atomic E-state index is 11.4. The van der Waals surface area contributed by atoms with Crippen LogP contribution in [0.1, 0.15) is 19.2 Å². The van der Waals surface area contributed by atoms with Gasteiger partial charge in [-0.15, -0.1) is 0 Å². The molecule has 2 aromatic rings. The summed E-state index contributed by atoms with van der Waals surface area (Å²) in [6, 6.07) is 3.68. The molecule has 2 aromatic heterocycles. The second-order valence-corrected chi connectivity index (χ2v) is 7.35. The Kier molecular flexibility index (Phi) is 3.81. The highest BCUT2D eigenvalue weighted by atomic mass is 32.2. The third kappa shape index (κ3) is 3.33. The maximum atomic E-state index is 11.4. The van der Waals surface area contributed by atoms with Crippen molar-refractivity contribution < 1.29 is 13.2 Å². The molecule has 0 bridgehead atoms. The number of H-pyrrole nitrogens is 1. The normalized spacial score (nSPS) is 20.9. The molecule has 0 spiro atoms. The van der Waals surface area contributed by atoms with Gasteiger partial charge in [0.2, 0.25) is 5.88 Å². The average Bonchev–Trinajstić information content (AvgIpc) is 2.99. The first-order valence-corrected chi connectivity index (χ1v) is 8.80. The highest BCUT2D eigenvalue weighted by Gasteiger charge is 2.27. The van der Waals surface area contributed by atoms with Gasteiger partial charge in [-0.3, -0.25) is 0 Å². The fraction of sp³-hybridized carbons (Fsp3) is 0.538. The number of aromatic amines is 1. The number of nitrogens with one attached hydrogen (secondary N) is 2. The third-order valence-electron chi connectivity index (χ3n) is 3.45. The Morgan fingerprint density at radius 3 is 3.00 bits per heavy atom. The van der Waals surface area contributed by atoms with Crippen LogP contribution in [-0.4, -0.2) is 47.5 Å². The van der Waals surface area contributed by atoms with Gasteiger partial charge in [0.1, 0.15) is 5.82 Å². The van der Waals surface area contributed by atoms with Crippen molar-refractivity contribution >= 4 is 21.0 Å². The molecule has 1 aliphatic rings. The van der Waals surface area contributed by atoms with Crippen LogP contribution >= 0.6 is 0 Å². The minimum atomic E-state index is -2.86. The molecule has 21 heavy (non-hydrogen) atoms. The zero-order valence-electron chi connectivity index (χ0n) is 11.8. The molecule has 3 rings (SSSR count). The Morgan fingerprint density at radius 1 is 1.43 bits per heavy atom. The van der Waals surface area contributed by atoms with Crippen molar-refractivity contribution in [3.8, 4) is 5.88 Å². The molecule has 0 saturated carbocycles. The Bertz CT molecular complexity index is 741. The van der Waals surface area contributed by atoms with E-state index in [4.69, 9.17) is 4.74 Å². The van der Waals surface area contributed by atoms with Gasteiger partial charge >= 0.3 is 0 Å². The van der Waals surface area contributed by atoms with Crippen molar-refractivity contribution in [2.45, 2.75) is 25.9 Å². The Morgan fingerprint density at radius 2 is 2.29 bits per heavy atom. The maximum Gasteiger partial charge on any atom is 0.215 e. The molecule has 1 aliphatic heterocycles. The number of pyridine rings is 1. The predicted octanol–water partition coefficient (Wildman–Crippen LogP) is 0.633. The molecular weight excluding hydrogens is 292 g/mol. The van der Waals surface area contributed by atoms with Crippen LogP contribution in [0.25, 0.3) is 11.2 Å². The quantitative estimate of drug-likeness (QED) is 0.841. The zero-order chi connectivity index (χ0) is 14.9. The highest BCUT2D eigenvalue weighted by molar-refractivity contribution is 7.91. The minimum absolute atomic E-state index is 0.00940. The molecule has 1 unspecified atom stereocenters. The van der Waals surface area contributed by atoms with Gasteiger partial charge in [-0.2, -0.15) is 4.98 Å². The van der Waals surface area contributed by atoms with Gasteiger partial charge in [0.25, 0.3) is 0 Å². The van der Waals surface area contributed by atoms with E-state index in [1.165, 1.54) is 0 Å². The summed E-state index contributed by atoms with van der Waals surface area (Å²) in [4.78, 5) is 11.9. The second-order valence-electron chi connectivity index (χ2n) is 5.12. The van der Waals surface area contributed by atoms with Gasteiger partial charge in [-0.1, -0.05) is 0 Å². The van der Waals surface area contributed by atoms with E-state index >= 15 is 0 Å². The molecule has 0 amide bonds. The lowest BCUT2D eigenvalue weighted by Crippen LogP contribution is -2.29. The lowest BCUT2D eigenvalue weighted by atomic mass is 10.2. The van der Waals surface area contributed by atoms with E-state index in [0.29, 0.717) is 31.1 Å². The molecule has 3 heterocycles. The molecule has 8 heteroatoms. The summed E-state index contributed by atoms with van der Waals surface area (Å²) < 4.78 is 28.1. The largest absolute Gasteiger partial charge is 0.478 e. The van der Waals surface area contributed by atoms with Gasteiger partial charge in [-0.05, 0) is 19.4 Å². The fourth-order valence-electron chi connectivity index (χ4n) is 2.43. The summed E-state index contributed by atoms with van der Waals surface area (Å²) in [5.74, 6) is 1.78. The number of fused-ring (bicyclic) bond motifs is 1. The first-order valence-electron chi connectivity index (χ1n) is 6.98. The van der Waals surface area contributed by atoms with E-state index < -0.39 is 9.84 Å². The van der Waals surface area contributed by atoms with Gasteiger partial charge in [0, 0.05) is 12.1 Å². The number of hydrogen-bond acceptors (Lipinski definition) is 6. The fourth-order valence-corrected chi connectivity index (χ4v) is 4.14. The van der Waals surface area contributed by atoms with Crippen LogP contribution in [0.4, 0.5) is 0 Å². The van der Waals surface area contributed by atoms with Gasteiger partial charge in [0.15, 0.2) is 15.5 Å². The number of nitrogens with zero attached hydrogens (tertiary/aromatic N) is 2. The molecule has 0 radical (unpaired) electrons. The van der Waals surface area contributed by atoms with Crippen molar-refractivity contribution in [3.05, 3.63) is 18.0 Å². The summed E-state index contributed by atoms with van der Waals surface area (Å²) in [6.07, 6.45) is 0.662. The third-order valence-corrected chi connectivity index (χ3v) is 5.22. The molecule has 1 fully saturated rings. The SMILES string of the molecule is CCOc1ccc2[nH]c(CNC3CCS(=O)(=O)C3)nc2n1. The van der Waals surface area contributed by atoms with Crippen LogP contribution in [0, 0.1) is 0 Å². The smallest absolute Gasteiger partial charge is 0.215 e. The standard InChI is InChI=1S/C13H18N4O3S/c1-2-20-12-4-3-10-13(17-12)16-11(15-10)7-14-9-5-6-21(18,19)8-9/h3-4,9,14H,2,5-8H2,1H3,(H,15,16,17). The van der Waals surface area contributed by atoms with Gasteiger partial charge in [0.05, 0.1) is 30.2 Å². The lowest BCUT2D eigenvalue weighted by Gasteiger charge is -2.08. The molecular formula is C13H18N4O3S. The second kappa shape index (κ2) is 5.61. The minimum Gasteiger partial charge on any atom is -0.478 e. The topological polar surface area (TPSA) is 97.0 Å². The number of imidazole rings is 1. The van der Waals surface area contributed by atoms with Crippen LogP contribution in [0.3, 0.4) is 0 Å². The number of ether oxygens (including phenoxy) is 1. The Hall–Kier alpha value is -1.67. The number of rotatable bonds is 5. The monoisotopic (exact) mass is 310 g/mol. The number of hydrogen-bond donors (Lipinski definition) is 2. The summed E-state index contributed by atoms with van der Waals surface area (Å²) >= 11 is 0. The molecule has 7 nitrogen and oxygen atoms in total. The number of sulfone groups is 1. The number of aromatic nitrogens is 3. The highest BCUT2D eigenvalue weighted by Crippen LogP contribution is 2.15. The van der Waals surface area contributed by atoms with Crippen LogP contribution in [-0.2, 0) is 16.4 Å². The van der Waals surface area contributed by atoms with E-state index in [9.17, 15) is 8.42 Å². The molecule has 0 aliphatic carbocycles. The van der Waals surface area contributed by atoms with E-state index in [-0.39, 0.29) is 17.5 Å². The lowest BCUT2D eigenvalue weighted by molar-refractivity contribution is 0.328. The predicted molar refractivity (Wildman–Crippen MR) is 79.0 cm³/mol. The molecule has 1 atom stereocenters. The van der Waals surface area contributed by atoms with Gasteiger partial charge in [-0.25, -0.2) is 13.4 Å². The molecule has 0 aromatic carbocycles. The zero-order valence-corrected chi connectivity index (χ0v) is 12.6. The summed E-state index contributed by atoms with van der Waals surface area (Å²) in [5, 5.41) is 3.22. The Balaban J connectivity index is 1.67. The van der Waals surface area contributed by atoms with Crippen LogP contribution in [0.2, 0.25) is 0 Å². The first-order chi connectivity index (χ1) is 10.1. The van der Waals surface area contributed by atoms with Crippen molar-refractivity contribution in [3.63, 3.8) is 0 Å². The first kappa shape index (κ1) is 14.3. The average molecular weight is 310 g/mol. The van der Waals surface area contributed by atoms with Crippen molar-refractivity contribution in [1.29, 1.82) is 0 Å². The van der Waals surface area contributed by atoms with Crippen molar-refractivity contribution in [2.24, 2.45) is 0 Å². The van der Waals surface area contributed by atoms with E-state index in [1.807, 2.05) is 13.0 Å². The molecule has 2 N–H and O–H groups in total. The molecule has 1 saturated heterocycles. The summed E-state index contributed by atoms with van der Waals surface area (Å²) in [7, 11) is -2.86. The van der Waals surface area contributed by atoms with Crippen LogP contribution < -0.4 is 10.1 Å². The van der Waals surface area contributed by atoms with E-state index in [2.05, 4.69) is 20.3 Å². The van der Waals surface area contributed by atoms with Gasteiger partial charge < -0.3 is 15.0 Å². The molecule has 114 valence electrons.